The van der Waals surface area contributed by atoms with Gasteiger partial charge in [0.25, 0.3) is 5.56 Å². The van der Waals surface area contributed by atoms with Crippen LogP contribution >= 0.6 is 8.18 Å². The molecule has 26 N–H and O–H groups in total. The van der Waals surface area contributed by atoms with E-state index < -0.39 is 117 Å². The van der Waals surface area contributed by atoms with Crippen LogP contribution in [0.2, 0.25) is 0 Å². The van der Waals surface area contributed by atoms with Crippen LogP contribution in [-0.2, 0) is 52.2 Å². The molecule has 1 aliphatic rings. The van der Waals surface area contributed by atoms with E-state index in [2.05, 4.69) is 72.1 Å². The molecule has 1 fully saturated rings. The van der Waals surface area contributed by atoms with Gasteiger partial charge in [-0.3, -0.25) is 72.7 Å². The van der Waals surface area contributed by atoms with Gasteiger partial charge in [0.1, 0.15) is 36.9 Å². The molecule has 3 rings (SSSR count). The molecule has 0 aliphatic carbocycles. The summed E-state index contributed by atoms with van der Waals surface area (Å²) in [4.78, 5) is 147. The molecule has 39 heteroatoms. The van der Waals surface area contributed by atoms with E-state index in [4.69, 9.17) is 60.9 Å². The molecule has 0 aromatic carbocycles. The Labute approximate surface area is 476 Å². The average molecular weight is 1190 g/mol. The van der Waals surface area contributed by atoms with Crippen LogP contribution < -0.4 is 94.4 Å². The normalized spacial score (nSPS) is 15.4. The summed E-state index contributed by atoms with van der Waals surface area (Å²) in [6.45, 7) is -1.01. The van der Waals surface area contributed by atoms with E-state index in [9.17, 15) is 47.7 Å². The maximum atomic E-state index is 13.9. The van der Waals surface area contributed by atoms with E-state index in [1.54, 1.807) is 0 Å². The lowest BCUT2D eigenvalue weighted by molar-refractivity contribution is -0.157. The van der Waals surface area contributed by atoms with Crippen molar-refractivity contribution in [2.45, 2.75) is 94.8 Å². The summed E-state index contributed by atoms with van der Waals surface area (Å²) in [5.41, 5.74) is 48.6. The number of hydrogen-bond acceptors (Lipinski definition) is 19. The predicted octanol–water partition coefficient (Wildman–Crippen LogP) is -8.81. The number of ether oxygens (including phenoxy) is 1. The number of aromatic nitrogens is 4. The summed E-state index contributed by atoms with van der Waals surface area (Å²) in [6.07, 6.45) is 0.0725. The van der Waals surface area contributed by atoms with E-state index in [0.29, 0.717) is 0 Å². The number of anilines is 1. The summed E-state index contributed by atoms with van der Waals surface area (Å²) in [5.74, 6) is -7.18. The predicted molar refractivity (Wildman–Crippen MR) is 302 cm³/mol. The lowest BCUT2D eigenvalue weighted by Gasteiger charge is -2.37. The van der Waals surface area contributed by atoms with Crippen LogP contribution in [0.25, 0.3) is 11.2 Å². The summed E-state index contributed by atoms with van der Waals surface area (Å²) < 4.78 is 26.9. The Morgan fingerprint density at radius 3 is 1.55 bits per heavy atom. The second kappa shape index (κ2) is 35.0. The number of amides is 8. The fourth-order valence-electron chi connectivity index (χ4n) is 7.76. The molecule has 2 aromatic rings. The maximum Gasteiger partial charge on any atom is 0.615 e. The number of nitrogens with zero attached hydrogens (tertiary/aromatic N) is 9. The van der Waals surface area contributed by atoms with Gasteiger partial charge in [-0.2, -0.15) is 4.98 Å². The number of carbonyl (C=O) groups excluding carboxylic acids is 8. The Hall–Kier alpha value is -9.03. The first kappa shape index (κ1) is 68.2. The number of imidazole rings is 1. The molecule has 460 valence electrons. The number of guanidine groups is 4. The summed E-state index contributed by atoms with van der Waals surface area (Å²) >= 11 is 0. The number of fused-ring (bicyclic) bond motifs is 1. The zero-order valence-corrected chi connectivity index (χ0v) is 47.2. The van der Waals surface area contributed by atoms with Crippen molar-refractivity contribution in [2.75, 3.05) is 85.3 Å². The van der Waals surface area contributed by atoms with Crippen LogP contribution in [0.3, 0.4) is 0 Å². The Kier molecular flexibility index (Phi) is 28.7. The van der Waals surface area contributed by atoms with Crippen LogP contribution in [-0.4, -0.2) is 210 Å². The molecule has 0 radical (unpaired) electrons. The monoisotopic (exact) mass is 1190 g/mol. The van der Waals surface area contributed by atoms with Crippen molar-refractivity contribution >= 4 is 96.4 Å². The standard InChI is InChI=1S/C44H77N26O12P/c1-23(71)62-28(11-7-15-57-43(51)52)38(78)65-27(10-6-14-56-42(49)50)37(77)59-17-30(73)63-25(8-4-12-54-40(45)46)35(75)58-16-29(72)64-26(9-5-13-55-41(47)48)36(76)60-18-31(74)69-19-24(21-81-83(80)68(2)3)82-32(20-69)70-22-61-33-34(70)66-44(53)67-39(33)79/h22,24-28,32H,4-21H2,1-3H3,(H25-,45,46,47,48,49,50,51,52,53,54,55,56,57,58,59,60,62,63,64,65,66,67,71,72,73,75,76,77,78,79)/p+1/t24-,25-,26-,27-,28-,32+/m0/s1. The fourth-order valence-corrected chi connectivity index (χ4v) is 8.28. The third-order valence-corrected chi connectivity index (χ3v) is 12.7. The van der Waals surface area contributed by atoms with Crippen molar-refractivity contribution < 1.29 is 52.2 Å². The van der Waals surface area contributed by atoms with Crippen molar-refractivity contribution in [3.63, 3.8) is 0 Å². The topological polar surface area (TPSA) is 610 Å². The van der Waals surface area contributed by atoms with E-state index in [1.165, 1.54) is 41.5 Å². The highest BCUT2D eigenvalue weighted by molar-refractivity contribution is 7.36. The van der Waals surface area contributed by atoms with E-state index in [1.807, 2.05) is 0 Å². The molecule has 8 amide bonds. The third kappa shape index (κ3) is 25.5. The molecule has 3 heterocycles. The van der Waals surface area contributed by atoms with Gasteiger partial charge < -0.3 is 98.5 Å². The van der Waals surface area contributed by atoms with Gasteiger partial charge in [-0.1, -0.05) is 4.67 Å². The zero-order chi connectivity index (χ0) is 61.8. The molecule has 2 aromatic heterocycles. The highest BCUT2D eigenvalue weighted by Gasteiger charge is 2.36. The number of aromatic amines is 1. The van der Waals surface area contributed by atoms with Gasteiger partial charge in [0.15, 0.2) is 41.2 Å². The number of aliphatic imine (C=N–C) groups is 4. The molecule has 83 heavy (non-hydrogen) atoms. The first-order valence-electron chi connectivity index (χ1n) is 25.9. The minimum absolute atomic E-state index is 0.0211. The highest BCUT2D eigenvalue weighted by Crippen LogP contribution is 2.28. The summed E-state index contributed by atoms with van der Waals surface area (Å²) in [5, 5.41) is 17.5. The minimum Gasteiger partial charge on any atom is -0.370 e. The molecule has 0 saturated carbocycles. The van der Waals surface area contributed by atoms with Crippen LogP contribution in [0.4, 0.5) is 5.95 Å². The molecule has 38 nitrogen and oxygen atoms in total. The third-order valence-electron chi connectivity index (χ3n) is 11.6. The van der Waals surface area contributed by atoms with Gasteiger partial charge in [0, 0.05) is 53.7 Å². The quantitative estimate of drug-likeness (QED) is 0.0132. The van der Waals surface area contributed by atoms with E-state index in [0.717, 1.165) is 0 Å². The van der Waals surface area contributed by atoms with Gasteiger partial charge >= 0.3 is 8.18 Å². The van der Waals surface area contributed by atoms with Crippen molar-refractivity contribution in [1.82, 2.24) is 66.3 Å². The van der Waals surface area contributed by atoms with Crippen molar-refractivity contribution in [2.24, 2.45) is 65.8 Å². The smallest absolute Gasteiger partial charge is 0.370 e. The van der Waals surface area contributed by atoms with Crippen LogP contribution in [0.1, 0.15) is 64.5 Å². The first-order chi connectivity index (χ1) is 39.2. The number of nitrogen functional groups attached to an aromatic ring is 1. The second-order valence-electron chi connectivity index (χ2n) is 18.7. The van der Waals surface area contributed by atoms with Gasteiger partial charge in [-0.05, 0) is 55.9 Å². The number of nitrogens with one attached hydrogen (secondary N) is 8. The van der Waals surface area contributed by atoms with Crippen LogP contribution in [0.15, 0.2) is 31.1 Å². The average Bonchev–Trinajstić information content (AvgIpc) is 4.13. The van der Waals surface area contributed by atoms with E-state index in [-0.39, 0.29) is 138 Å². The number of H-pyrrole nitrogens is 1. The van der Waals surface area contributed by atoms with Gasteiger partial charge in [0.2, 0.25) is 53.2 Å². The number of hydrogen-bond donors (Lipinski definition) is 17. The molecular formula is C44H78N26O12P+. The molecule has 7 atom stereocenters. The highest BCUT2D eigenvalue weighted by atomic mass is 31.1. The Balaban J connectivity index is 1.73. The lowest BCUT2D eigenvalue weighted by Crippen LogP contribution is -2.56. The van der Waals surface area contributed by atoms with E-state index >= 15 is 0 Å². The Morgan fingerprint density at radius 1 is 0.687 bits per heavy atom. The molecule has 0 spiro atoms. The molecular weight excluding hydrogens is 1120 g/mol. The maximum absolute atomic E-state index is 13.9. The molecule has 1 aliphatic heterocycles. The van der Waals surface area contributed by atoms with Crippen molar-refractivity contribution in [1.29, 1.82) is 0 Å². The molecule has 1 saturated heterocycles. The number of carbonyl (C=O) groups is 8. The SMILES string of the molecule is CC(=O)N[C@@H](CCCN=C(N)N)C(=O)N[C@@H](CCCN=C(N)N)C(=O)NCC(=O)N[C@@H](CCCN=C(N)N)C(=O)NCC(=O)N[C@@H](CCCN=C(N)N)C(=O)NCC(=O)N1C[C@@H](CO[P+](=O)N(C)C)O[C@@H](n2cnc3c(=O)[nH]c(N)nc32)C1. The van der Waals surface area contributed by atoms with Gasteiger partial charge in [-0.15, -0.1) is 4.52 Å². The number of morpholine rings is 1. The summed E-state index contributed by atoms with van der Waals surface area (Å²) in [7, 11) is 0.804. The Morgan fingerprint density at radius 2 is 1.12 bits per heavy atom. The second-order valence-corrected chi connectivity index (χ2v) is 20.2. The van der Waals surface area contributed by atoms with Crippen LogP contribution in [0, 0.1) is 0 Å². The van der Waals surface area contributed by atoms with Crippen molar-refractivity contribution in [3.8, 4) is 0 Å². The first-order valence-corrected chi connectivity index (χ1v) is 27.0. The number of rotatable bonds is 35. The fraction of sp³-hybridized carbons (Fsp3) is 0.614. The van der Waals surface area contributed by atoms with Gasteiger partial charge in [0.05, 0.1) is 32.5 Å². The molecule has 0 bridgehead atoms. The van der Waals surface area contributed by atoms with Gasteiger partial charge in [-0.25, -0.2) is 4.98 Å². The number of nitrogens with two attached hydrogens (primary N) is 9. The van der Waals surface area contributed by atoms with Crippen molar-refractivity contribution in [3.05, 3.63) is 16.7 Å². The van der Waals surface area contributed by atoms with Crippen LogP contribution in [0.5, 0.6) is 0 Å². The minimum atomic E-state index is -2.27. The zero-order valence-electron chi connectivity index (χ0n) is 46.3. The Bertz CT molecular complexity index is 2750. The lowest BCUT2D eigenvalue weighted by atomic mass is 10.1. The molecule has 1 unspecified atom stereocenters. The largest absolute Gasteiger partial charge is 0.615 e. The summed E-state index contributed by atoms with van der Waals surface area (Å²) in [6, 6.07) is -5.03.